The number of ether oxygens (including phenoxy) is 1. The molecule has 0 bridgehead atoms. The van der Waals surface area contributed by atoms with Crippen LogP contribution in [0.2, 0.25) is 0 Å². The lowest BCUT2D eigenvalue weighted by Gasteiger charge is -2.25. The zero-order valence-corrected chi connectivity index (χ0v) is 11.8. The molecular formula is C14H17FN4O2. The van der Waals surface area contributed by atoms with Gasteiger partial charge in [0.2, 0.25) is 5.89 Å². The normalized spacial score (nSPS) is 15.2. The summed E-state index contributed by atoms with van der Waals surface area (Å²) in [4.78, 5) is 6.44. The number of nitrogens with one attached hydrogen (secondary N) is 1. The molecular weight excluding hydrogens is 275 g/mol. The van der Waals surface area contributed by atoms with Crippen LogP contribution in [-0.4, -0.2) is 43.4 Å². The maximum Gasteiger partial charge on any atom is 0.266 e. The molecule has 1 aromatic carbocycles. The summed E-state index contributed by atoms with van der Waals surface area (Å²) >= 11 is 0. The number of hydrogen-bond acceptors (Lipinski definition) is 6. The van der Waals surface area contributed by atoms with Crippen molar-refractivity contribution in [3.8, 4) is 5.75 Å². The quantitative estimate of drug-likeness (QED) is 0.914. The largest absolute Gasteiger partial charge is 0.493 e. The van der Waals surface area contributed by atoms with E-state index >= 15 is 0 Å². The first-order chi connectivity index (χ1) is 10.3. The SMILES string of the molecule is COc1c(F)cccc1Cc1nc(N2CCNCC2)no1. The predicted octanol–water partition coefficient (Wildman–Crippen LogP) is 1.22. The van der Waals surface area contributed by atoms with Gasteiger partial charge in [-0.3, -0.25) is 0 Å². The molecule has 1 aliphatic heterocycles. The first-order valence-electron chi connectivity index (χ1n) is 6.87. The van der Waals surface area contributed by atoms with Crippen LogP contribution in [-0.2, 0) is 6.42 Å². The van der Waals surface area contributed by atoms with Crippen LogP contribution in [0, 0.1) is 5.82 Å². The molecule has 1 saturated heterocycles. The van der Waals surface area contributed by atoms with E-state index in [4.69, 9.17) is 9.26 Å². The van der Waals surface area contributed by atoms with Gasteiger partial charge < -0.3 is 19.5 Å². The van der Waals surface area contributed by atoms with Crippen molar-refractivity contribution in [1.29, 1.82) is 0 Å². The summed E-state index contributed by atoms with van der Waals surface area (Å²) < 4.78 is 24.0. The molecule has 1 aromatic heterocycles. The Morgan fingerprint density at radius 2 is 2.19 bits per heavy atom. The lowest BCUT2D eigenvalue weighted by Crippen LogP contribution is -2.44. The number of nitrogens with zero attached hydrogens (tertiary/aromatic N) is 3. The van der Waals surface area contributed by atoms with Crippen LogP contribution in [0.5, 0.6) is 5.75 Å². The number of para-hydroxylation sites is 1. The molecule has 0 radical (unpaired) electrons. The minimum absolute atomic E-state index is 0.222. The number of piperazine rings is 1. The van der Waals surface area contributed by atoms with Crippen LogP contribution in [0.3, 0.4) is 0 Å². The van der Waals surface area contributed by atoms with Crippen molar-refractivity contribution in [2.75, 3.05) is 38.2 Å². The molecule has 7 heteroatoms. The number of anilines is 1. The summed E-state index contributed by atoms with van der Waals surface area (Å²) in [5.74, 6) is 0.866. The number of aromatic nitrogens is 2. The third-order valence-electron chi connectivity index (χ3n) is 3.45. The highest BCUT2D eigenvalue weighted by Crippen LogP contribution is 2.24. The highest BCUT2D eigenvalue weighted by atomic mass is 19.1. The van der Waals surface area contributed by atoms with E-state index in [1.807, 2.05) is 0 Å². The monoisotopic (exact) mass is 292 g/mol. The number of halogens is 1. The van der Waals surface area contributed by atoms with Crippen molar-refractivity contribution in [3.05, 3.63) is 35.5 Å². The van der Waals surface area contributed by atoms with Gasteiger partial charge in [-0.2, -0.15) is 4.98 Å². The first kappa shape index (κ1) is 13.8. The van der Waals surface area contributed by atoms with E-state index in [9.17, 15) is 4.39 Å². The first-order valence-corrected chi connectivity index (χ1v) is 6.87. The molecule has 2 heterocycles. The van der Waals surface area contributed by atoms with Crippen LogP contribution in [0.25, 0.3) is 0 Å². The van der Waals surface area contributed by atoms with E-state index in [0.717, 1.165) is 26.2 Å². The summed E-state index contributed by atoms with van der Waals surface area (Å²) in [5.41, 5.74) is 0.688. The lowest BCUT2D eigenvalue weighted by atomic mass is 10.1. The fraction of sp³-hybridized carbons (Fsp3) is 0.429. The predicted molar refractivity (Wildman–Crippen MR) is 75.1 cm³/mol. The van der Waals surface area contributed by atoms with Crippen LogP contribution in [0.15, 0.2) is 22.7 Å². The highest BCUT2D eigenvalue weighted by molar-refractivity contribution is 5.37. The number of hydrogen-bond donors (Lipinski definition) is 1. The van der Waals surface area contributed by atoms with Crippen LogP contribution >= 0.6 is 0 Å². The van der Waals surface area contributed by atoms with Gasteiger partial charge in [0.25, 0.3) is 5.95 Å². The maximum atomic E-state index is 13.6. The highest BCUT2D eigenvalue weighted by Gasteiger charge is 2.18. The lowest BCUT2D eigenvalue weighted by molar-refractivity contribution is 0.368. The maximum absolute atomic E-state index is 13.6. The zero-order chi connectivity index (χ0) is 14.7. The fourth-order valence-corrected chi connectivity index (χ4v) is 2.40. The Labute approximate surface area is 121 Å². The van der Waals surface area contributed by atoms with Crippen molar-refractivity contribution in [2.24, 2.45) is 0 Å². The molecule has 0 atom stereocenters. The average molecular weight is 292 g/mol. The van der Waals surface area contributed by atoms with Gasteiger partial charge in [0.15, 0.2) is 11.6 Å². The summed E-state index contributed by atoms with van der Waals surface area (Å²) in [6.07, 6.45) is 0.347. The Hall–Kier alpha value is -2.15. The van der Waals surface area contributed by atoms with Gasteiger partial charge in [0.1, 0.15) is 0 Å². The van der Waals surface area contributed by atoms with E-state index in [2.05, 4.69) is 20.4 Å². The van der Waals surface area contributed by atoms with Crippen molar-refractivity contribution >= 4 is 5.95 Å². The molecule has 0 saturated carbocycles. The molecule has 2 aromatic rings. The van der Waals surface area contributed by atoms with E-state index in [0.29, 0.717) is 23.8 Å². The number of benzene rings is 1. The molecule has 112 valence electrons. The second kappa shape index (κ2) is 6.09. The standard InChI is InChI=1S/C14H17FN4O2/c1-20-13-10(3-2-4-11(13)15)9-12-17-14(18-21-12)19-7-5-16-6-8-19/h2-4,16H,5-9H2,1H3. The van der Waals surface area contributed by atoms with Gasteiger partial charge in [0.05, 0.1) is 13.5 Å². The topological polar surface area (TPSA) is 63.4 Å². The van der Waals surface area contributed by atoms with E-state index in [1.54, 1.807) is 12.1 Å². The van der Waals surface area contributed by atoms with Gasteiger partial charge >= 0.3 is 0 Å². The molecule has 21 heavy (non-hydrogen) atoms. The van der Waals surface area contributed by atoms with Crippen molar-refractivity contribution in [3.63, 3.8) is 0 Å². The van der Waals surface area contributed by atoms with Gasteiger partial charge in [-0.1, -0.05) is 12.1 Å². The molecule has 0 amide bonds. The Balaban J connectivity index is 1.76. The molecule has 0 spiro atoms. The second-order valence-corrected chi connectivity index (χ2v) is 4.83. The minimum Gasteiger partial charge on any atom is -0.493 e. The Morgan fingerprint density at radius 3 is 2.95 bits per heavy atom. The summed E-state index contributed by atoms with van der Waals surface area (Å²) in [5, 5.41) is 7.26. The third kappa shape index (κ3) is 2.97. The smallest absolute Gasteiger partial charge is 0.266 e. The van der Waals surface area contributed by atoms with Crippen molar-refractivity contribution in [1.82, 2.24) is 15.5 Å². The summed E-state index contributed by atoms with van der Waals surface area (Å²) in [6.45, 7) is 3.51. The van der Waals surface area contributed by atoms with Crippen LogP contribution in [0.4, 0.5) is 10.3 Å². The molecule has 1 aliphatic rings. The summed E-state index contributed by atoms with van der Waals surface area (Å²) in [7, 11) is 1.45. The van der Waals surface area contributed by atoms with Crippen LogP contribution < -0.4 is 15.0 Å². The molecule has 1 fully saturated rings. The fourth-order valence-electron chi connectivity index (χ4n) is 2.40. The molecule has 0 aliphatic carbocycles. The zero-order valence-electron chi connectivity index (χ0n) is 11.8. The minimum atomic E-state index is -0.392. The Morgan fingerprint density at radius 1 is 1.38 bits per heavy atom. The Kier molecular flexibility index (Phi) is 4.01. The second-order valence-electron chi connectivity index (χ2n) is 4.83. The van der Waals surface area contributed by atoms with Crippen LogP contribution in [0.1, 0.15) is 11.5 Å². The third-order valence-corrected chi connectivity index (χ3v) is 3.45. The van der Waals surface area contributed by atoms with E-state index in [-0.39, 0.29) is 5.75 Å². The van der Waals surface area contributed by atoms with Crippen molar-refractivity contribution < 1.29 is 13.7 Å². The number of methoxy groups -OCH3 is 1. The van der Waals surface area contributed by atoms with E-state index < -0.39 is 5.82 Å². The van der Waals surface area contributed by atoms with Gasteiger partial charge in [-0.25, -0.2) is 4.39 Å². The van der Waals surface area contributed by atoms with Gasteiger partial charge in [-0.15, -0.1) is 0 Å². The Bertz CT molecular complexity index is 611. The van der Waals surface area contributed by atoms with E-state index in [1.165, 1.54) is 13.2 Å². The molecule has 3 rings (SSSR count). The molecule has 1 N–H and O–H groups in total. The molecule has 6 nitrogen and oxygen atoms in total. The number of rotatable bonds is 4. The molecule has 0 unspecified atom stereocenters. The van der Waals surface area contributed by atoms with Gasteiger partial charge in [-0.05, 0) is 11.2 Å². The van der Waals surface area contributed by atoms with Gasteiger partial charge in [0, 0.05) is 31.7 Å². The van der Waals surface area contributed by atoms with Crippen molar-refractivity contribution in [2.45, 2.75) is 6.42 Å². The summed E-state index contributed by atoms with van der Waals surface area (Å²) in [6, 6.07) is 4.79. The average Bonchev–Trinajstić information content (AvgIpc) is 2.97.